The minimum atomic E-state index is -0.809. The van der Waals surface area contributed by atoms with Crippen molar-refractivity contribution in [2.75, 3.05) is 13.2 Å². The van der Waals surface area contributed by atoms with Gasteiger partial charge in [-0.15, -0.1) is 0 Å². The highest BCUT2D eigenvalue weighted by molar-refractivity contribution is 5.71. The van der Waals surface area contributed by atoms with Gasteiger partial charge in [0.15, 0.2) is 6.10 Å². The average Bonchev–Trinajstić information content (AvgIpc) is 3.41. The molecule has 0 aliphatic rings. The average molecular weight is 1030 g/mol. The van der Waals surface area contributed by atoms with E-state index in [0.717, 1.165) is 154 Å². The Morgan fingerprint density at radius 2 is 0.520 bits per heavy atom. The number of esters is 3. The van der Waals surface area contributed by atoms with Crippen LogP contribution in [0.5, 0.6) is 0 Å². The Balaban J connectivity index is 4.33. The van der Waals surface area contributed by atoms with E-state index in [0.29, 0.717) is 25.7 Å². The Kier molecular flexibility index (Phi) is 57.5. The first-order chi connectivity index (χ1) is 37.0. The number of carbonyl (C=O) groups excluding carboxylic acids is 3. The molecule has 0 aliphatic heterocycles. The number of ether oxygens (including phenoxy) is 3. The molecule has 0 aromatic carbocycles. The predicted octanol–water partition coefficient (Wildman–Crippen LogP) is 20.5. The molecule has 0 N–H and O–H groups in total. The molecule has 0 radical (unpaired) electrons. The summed E-state index contributed by atoms with van der Waals surface area (Å²) in [5, 5.41) is 0. The standard InChI is InChI=1S/C69H108O6/c1-4-7-10-13-16-19-21-23-25-26-27-28-29-30-31-32-33-34-35-36-37-38-39-40-41-42-44-45-47-50-53-56-59-62-68(71)74-65-66(64-73-67(70)61-58-55-52-49-18-15-12-9-6-3)75-69(72)63-60-57-54-51-48-46-43-24-22-20-17-14-11-8-5-2/h7-8,10-11,16-17,19-20,23-25,27-28,30-31,33-34,36-37,39-40,42-44,47,50,66H,4-6,9,12-15,18,21-22,26,29,32,35,38,41,45-46,48-49,51-65H2,1-3H3/b10-7-,11-8-,19-16-,20-17-,25-23-,28-27-,31-30-,34-33-,37-36-,40-39-,43-24-,44-42-,50-47-. The second kappa shape index (κ2) is 61.6. The van der Waals surface area contributed by atoms with E-state index in [1.54, 1.807) is 0 Å². The maximum atomic E-state index is 12.8. The van der Waals surface area contributed by atoms with Crippen LogP contribution in [-0.4, -0.2) is 37.2 Å². The van der Waals surface area contributed by atoms with Gasteiger partial charge in [-0.3, -0.25) is 14.4 Å². The normalized spacial score (nSPS) is 13.3. The molecule has 0 heterocycles. The van der Waals surface area contributed by atoms with Crippen molar-refractivity contribution in [3.05, 3.63) is 158 Å². The molecule has 0 aliphatic carbocycles. The van der Waals surface area contributed by atoms with Crippen LogP contribution in [-0.2, 0) is 28.6 Å². The summed E-state index contributed by atoms with van der Waals surface area (Å²) < 4.78 is 16.8. The largest absolute Gasteiger partial charge is 0.462 e. The smallest absolute Gasteiger partial charge is 0.306 e. The topological polar surface area (TPSA) is 78.9 Å². The van der Waals surface area contributed by atoms with Crippen molar-refractivity contribution in [1.82, 2.24) is 0 Å². The summed E-state index contributed by atoms with van der Waals surface area (Å²) in [6.45, 7) is 6.32. The van der Waals surface area contributed by atoms with Crippen LogP contribution < -0.4 is 0 Å². The molecule has 0 saturated heterocycles. The van der Waals surface area contributed by atoms with E-state index in [2.05, 4.69) is 179 Å². The van der Waals surface area contributed by atoms with E-state index in [4.69, 9.17) is 14.2 Å². The summed E-state index contributed by atoms with van der Waals surface area (Å²) in [4.78, 5) is 38.0. The van der Waals surface area contributed by atoms with Crippen molar-refractivity contribution >= 4 is 17.9 Å². The van der Waals surface area contributed by atoms with Crippen molar-refractivity contribution in [2.24, 2.45) is 0 Å². The SMILES string of the molecule is CC/C=C\C/C=C\C/C=C\C/C=C\C/C=C\C/C=C\C/C=C\C/C=C\C/C=C\C/C=C\CCCCC(=O)OCC(COC(=O)CCCCCCCCCCC)OC(=O)CCCCCCC/C=C\C/C=C\C/C=C\CC. The van der Waals surface area contributed by atoms with Crippen LogP contribution in [0.2, 0.25) is 0 Å². The van der Waals surface area contributed by atoms with Gasteiger partial charge in [0.25, 0.3) is 0 Å². The van der Waals surface area contributed by atoms with Gasteiger partial charge in [0.1, 0.15) is 13.2 Å². The van der Waals surface area contributed by atoms with Crippen molar-refractivity contribution in [3.63, 3.8) is 0 Å². The van der Waals surface area contributed by atoms with Crippen molar-refractivity contribution in [2.45, 2.75) is 245 Å². The summed E-state index contributed by atoms with van der Waals surface area (Å²) in [7, 11) is 0. The lowest BCUT2D eigenvalue weighted by Gasteiger charge is -2.18. The van der Waals surface area contributed by atoms with E-state index in [-0.39, 0.29) is 31.1 Å². The van der Waals surface area contributed by atoms with Crippen LogP contribution in [0, 0.1) is 0 Å². The molecule has 0 saturated carbocycles. The second-order valence-corrected chi connectivity index (χ2v) is 19.1. The van der Waals surface area contributed by atoms with Gasteiger partial charge < -0.3 is 14.2 Å². The molecule has 0 aromatic rings. The van der Waals surface area contributed by atoms with E-state index in [1.165, 1.54) is 38.5 Å². The van der Waals surface area contributed by atoms with Crippen LogP contribution in [0.15, 0.2) is 158 Å². The lowest BCUT2D eigenvalue weighted by Crippen LogP contribution is -2.30. The first-order valence-corrected chi connectivity index (χ1v) is 30.0. The fraction of sp³-hybridized carbons (Fsp3) is 0.580. The fourth-order valence-corrected chi connectivity index (χ4v) is 7.60. The Labute approximate surface area is 460 Å². The Morgan fingerprint density at radius 1 is 0.280 bits per heavy atom. The van der Waals surface area contributed by atoms with Crippen molar-refractivity contribution < 1.29 is 28.6 Å². The molecule has 0 amide bonds. The van der Waals surface area contributed by atoms with E-state index < -0.39 is 6.10 Å². The molecule has 0 spiro atoms. The Morgan fingerprint density at radius 3 is 0.840 bits per heavy atom. The minimum absolute atomic E-state index is 0.103. The number of allylic oxidation sites excluding steroid dienone is 26. The first kappa shape index (κ1) is 70.0. The highest BCUT2D eigenvalue weighted by atomic mass is 16.6. The van der Waals surface area contributed by atoms with Gasteiger partial charge in [0.05, 0.1) is 0 Å². The van der Waals surface area contributed by atoms with Gasteiger partial charge in [-0.25, -0.2) is 0 Å². The van der Waals surface area contributed by atoms with Crippen molar-refractivity contribution in [3.8, 4) is 0 Å². The van der Waals surface area contributed by atoms with E-state index >= 15 is 0 Å². The highest BCUT2D eigenvalue weighted by Crippen LogP contribution is 2.13. The third kappa shape index (κ3) is 59.8. The molecule has 0 fully saturated rings. The lowest BCUT2D eigenvalue weighted by molar-refractivity contribution is -0.167. The molecule has 0 aromatic heterocycles. The summed E-state index contributed by atoms with van der Waals surface area (Å²) in [5.74, 6) is -0.977. The minimum Gasteiger partial charge on any atom is -0.462 e. The third-order valence-electron chi connectivity index (χ3n) is 12.0. The summed E-state index contributed by atoms with van der Waals surface area (Å²) in [5.41, 5.74) is 0. The third-order valence-corrected chi connectivity index (χ3v) is 12.0. The van der Waals surface area contributed by atoms with Crippen molar-refractivity contribution in [1.29, 1.82) is 0 Å². The maximum Gasteiger partial charge on any atom is 0.306 e. The number of hydrogen-bond donors (Lipinski definition) is 0. The van der Waals surface area contributed by atoms with Crippen LogP contribution in [0.1, 0.15) is 239 Å². The van der Waals surface area contributed by atoms with Gasteiger partial charge >= 0.3 is 17.9 Å². The van der Waals surface area contributed by atoms with Gasteiger partial charge in [-0.05, 0) is 128 Å². The van der Waals surface area contributed by atoms with E-state index in [9.17, 15) is 14.4 Å². The molecular formula is C69H108O6. The molecule has 6 nitrogen and oxygen atoms in total. The molecule has 0 rings (SSSR count). The zero-order chi connectivity index (χ0) is 54.3. The van der Waals surface area contributed by atoms with E-state index in [1.807, 2.05) is 0 Å². The zero-order valence-electron chi connectivity index (χ0n) is 48.0. The molecule has 75 heavy (non-hydrogen) atoms. The fourth-order valence-electron chi connectivity index (χ4n) is 7.60. The number of rotatable bonds is 52. The number of unbranched alkanes of at least 4 members (excludes halogenated alkanes) is 15. The summed E-state index contributed by atoms with van der Waals surface area (Å²) >= 11 is 0. The summed E-state index contributed by atoms with van der Waals surface area (Å²) in [6, 6.07) is 0. The monoisotopic (exact) mass is 1030 g/mol. The lowest BCUT2D eigenvalue weighted by atomic mass is 10.1. The summed E-state index contributed by atoms with van der Waals surface area (Å²) in [6.07, 6.45) is 89.7. The second-order valence-electron chi connectivity index (χ2n) is 19.1. The molecule has 420 valence electrons. The number of carbonyl (C=O) groups is 3. The van der Waals surface area contributed by atoms with Crippen LogP contribution in [0.25, 0.3) is 0 Å². The number of hydrogen-bond acceptors (Lipinski definition) is 6. The van der Waals surface area contributed by atoms with Crippen LogP contribution in [0.3, 0.4) is 0 Å². The predicted molar refractivity (Wildman–Crippen MR) is 325 cm³/mol. The van der Waals surface area contributed by atoms with Gasteiger partial charge in [0, 0.05) is 19.3 Å². The zero-order valence-corrected chi connectivity index (χ0v) is 48.0. The van der Waals surface area contributed by atoms with Gasteiger partial charge in [-0.1, -0.05) is 249 Å². The Bertz CT molecular complexity index is 1710. The highest BCUT2D eigenvalue weighted by Gasteiger charge is 2.19. The molecule has 1 atom stereocenters. The molecule has 0 bridgehead atoms. The maximum absolute atomic E-state index is 12.8. The molecular weight excluding hydrogens is 925 g/mol. The molecule has 6 heteroatoms. The van der Waals surface area contributed by atoms with Gasteiger partial charge in [-0.2, -0.15) is 0 Å². The quantitative estimate of drug-likeness (QED) is 0.0261. The first-order valence-electron chi connectivity index (χ1n) is 30.0. The molecule has 1 unspecified atom stereocenters. The Hall–Kier alpha value is -4.97. The van der Waals surface area contributed by atoms with Crippen LogP contribution >= 0.6 is 0 Å². The van der Waals surface area contributed by atoms with Crippen LogP contribution in [0.4, 0.5) is 0 Å². The van der Waals surface area contributed by atoms with Gasteiger partial charge in [0.2, 0.25) is 0 Å².